The fourth-order valence-corrected chi connectivity index (χ4v) is 1.27. The molecule has 68 valence electrons. The molecule has 1 aromatic rings. The molecule has 0 aliphatic carbocycles. The predicted octanol–water partition coefficient (Wildman–Crippen LogP) is 2.49. The Morgan fingerprint density at radius 1 is 1.46 bits per heavy atom. The first-order valence-corrected chi connectivity index (χ1v) is 4.89. The highest BCUT2D eigenvalue weighted by Crippen LogP contribution is 2.16. The molecule has 0 bridgehead atoms. The van der Waals surface area contributed by atoms with E-state index in [2.05, 4.69) is 27.8 Å². The second-order valence-corrected chi connectivity index (χ2v) is 3.59. The molecule has 0 heterocycles. The summed E-state index contributed by atoms with van der Waals surface area (Å²) < 4.78 is 1.07. The lowest BCUT2D eigenvalue weighted by molar-refractivity contribution is 0.305. The Bertz CT molecular complexity index is 347. The molecule has 0 saturated carbocycles. The van der Waals surface area contributed by atoms with Crippen LogP contribution in [0.1, 0.15) is 17.5 Å². The van der Waals surface area contributed by atoms with E-state index in [9.17, 15) is 0 Å². The molecular weight excluding hydrogens is 228 g/mol. The average molecular weight is 239 g/mol. The molecule has 0 radical (unpaired) electrons. The summed E-state index contributed by atoms with van der Waals surface area (Å²) in [5, 5.41) is 8.53. The van der Waals surface area contributed by atoms with Crippen molar-refractivity contribution in [2.24, 2.45) is 0 Å². The van der Waals surface area contributed by atoms with Gasteiger partial charge in [-0.2, -0.15) is 0 Å². The van der Waals surface area contributed by atoms with E-state index in [1.54, 1.807) is 0 Å². The molecule has 0 amide bonds. The minimum atomic E-state index is 0.125. The zero-order chi connectivity index (χ0) is 9.68. The molecule has 1 aromatic carbocycles. The van der Waals surface area contributed by atoms with Crippen molar-refractivity contribution in [1.82, 2.24) is 0 Å². The Morgan fingerprint density at radius 2 is 2.23 bits per heavy atom. The number of aryl methyl sites for hydroxylation is 1. The van der Waals surface area contributed by atoms with Crippen LogP contribution in [0.25, 0.3) is 0 Å². The second-order valence-electron chi connectivity index (χ2n) is 2.74. The van der Waals surface area contributed by atoms with Crippen LogP contribution in [0.5, 0.6) is 0 Å². The summed E-state index contributed by atoms with van der Waals surface area (Å²) in [6.07, 6.45) is 0.533. The molecule has 0 aliphatic rings. The molecule has 0 spiro atoms. The summed E-state index contributed by atoms with van der Waals surface area (Å²) in [6, 6.07) is 5.98. The van der Waals surface area contributed by atoms with Gasteiger partial charge in [0, 0.05) is 16.5 Å². The highest BCUT2D eigenvalue weighted by molar-refractivity contribution is 9.10. The van der Waals surface area contributed by atoms with Crippen LogP contribution in [0.15, 0.2) is 22.7 Å². The lowest BCUT2D eigenvalue weighted by Crippen LogP contribution is -1.80. The molecule has 0 saturated heterocycles. The SMILES string of the molecule is Cc1ccc(C#CCCO)cc1Br. The summed E-state index contributed by atoms with van der Waals surface area (Å²) in [5.41, 5.74) is 2.18. The number of rotatable bonds is 1. The maximum atomic E-state index is 8.53. The number of benzene rings is 1. The van der Waals surface area contributed by atoms with Gasteiger partial charge >= 0.3 is 0 Å². The number of hydrogen-bond donors (Lipinski definition) is 1. The Morgan fingerprint density at radius 3 is 2.85 bits per heavy atom. The minimum absolute atomic E-state index is 0.125. The molecular formula is C11H11BrO. The van der Waals surface area contributed by atoms with Crippen LogP contribution in [0.2, 0.25) is 0 Å². The van der Waals surface area contributed by atoms with Gasteiger partial charge in [0.1, 0.15) is 0 Å². The van der Waals surface area contributed by atoms with Crippen molar-refractivity contribution in [3.8, 4) is 11.8 Å². The number of halogens is 1. The highest BCUT2D eigenvalue weighted by atomic mass is 79.9. The largest absolute Gasteiger partial charge is 0.395 e. The smallest absolute Gasteiger partial charge is 0.0540 e. The molecule has 0 atom stereocenters. The molecule has 0 aliphatic heterocycles. The van der Waals surface area contributed by atoms with Crippen molar-refractivity contribution in [3.63, 3.8) is 0 Å². The number of aliphatic hydroxyl groups excluding tert-OH is 1. The summed E-state index contributed by atoms with van der Waals surface area (Å²) in [4.78, 5) is 0. The second kappa shape index (κ2) is 5.06. The molecule has 1 N–H and O–H groups in total. The summed E-state index contributed by atoms with van der Waals surface area (Å²) in [7, 11) is 0. The zero-order valence-corrected chi connectivity index (χ0v) is 9.06. The van der Waals surface area contributed by atoms with Crippen LogP contribution in [-0.2, 0) is 0 Å². The van der Waals surface area contributed by atoms with E-state index in [0.29, 0.717) is 6.42 Å². The third kappa shape index (κ3) is 3.22. The van der Waals surface area contributed by atoms with Crippen molar-refractivity contribution >= 4 is 15.9 Å². The van der Waals surface area contributed by atoms with Crippen LogP contribution < -0.4 is 0 Å². The van der Waals surface area contributed by atoms with Crippen molar-refractivity contribution in [1.29, 1.82) is 0 Å². The molecule has 1 nitrogen and oxygen atoms in total. The quantitative estimate of drug-likeness (QED) is 0.746. The number of hydrogen-bond acceptors (Lipinski definition) is 1. The first-order chi connectivity index (χ1) is 6.24. The van der Waals surface area contributed by atoms with E-state index >= 15 is 0 Å². The minimum Gasteiger partial charge on any atom is -0.395 e. The van der Waals surface area contributed by atoms with Gasteiger partial charge in [-0.25, -0.2) is 0 Å². The van der Waals surface area contributed by atoms with Crippen LogP contribution in [0.4, 0.5) is 0 Å². The maximum absolute atomic E-state index is 8.53. The van der Waals surface area contributed by atoms with Gasteiger partial charge in [0.15, 0.2) is 0 Å². The lowest BCUT2D eigenvalue weighted by Gasteiger charge is -1.96. The summed E-state index contributed by atoms with van der Waals surface area (Å²) in [5.74, 6) is 5.85. The van der Waals surface area contributed by atoms with Gasteiger partial charge in [0.2, 0.25) is 0 Å². The Hall–Kier alpha value is -0.780. The Labute approximate surface area is 86.9 Å². The predicted molar refractivity (Wildman–Crippen MR) is 57.5 cm³/mol. The van der Waals surface area contributed by atoms with Gasteiger partial charge in [0.05, 0.1) is 6.61 Å². The summed E-state index contributed by atoms with van der Waals surface area (Å²) in [6.45, 7) is 2.16. The van der Waals surface area contributed by atoms with E-state index in [1.165, 1.54) is 5.56 Å². The van der Waals surface area contributed by atoms with Crippen molar-refractivity contribution in [3.05, 3.63) is 33.8 Å². The fourth-order valence-electron chi connectivity index (χ4n) is 0.891. The molecule has 13 heavy (non-hydrogen) atoms. The van der Waals surface area contributed by atoms with Crippen molar-refractivity contribution < 1.29 is 5.11 Å². The number of aliphatic hydroxyl groups is 1. The zero-order valence-electron chi connectivity index (χ0n) is 7.47. The topological polar surface area (TPSA) is 20.2 Å². The van der Waals surface area contributed by atoms with Crippen LogP contribution in [-0.4, -0.2) is 11.7 Å². The first kappa shape index (κ1) is 10.3. The average Bonchev–Trinajstić information content (AvgIpc) is 2.12. The van der Waals surface area contributed by atoms with Gasteiger partial charge in [-0.05, 0) is 24.6 Å². The lowest BCUT2D eigenvalue weighted by atomic mass is 10.1. The van der Waals surface area contributed by atoms with Crippen molar-refractivity contribution in [2.75, 3.05) is 6.61 Å². The van der Waals surface area contributed by atoms with E-state index < -0.39 is 0 Å². The first-order valence-electron chi connectivity index (χ1n) is 4.10. The van der Waals surface area contributed by atoms with Gasteiger partial charge < -0.3 is 5.11 Å². The fraction of sp³-hybridized carbons (Fsp3) is 0.273. The van der Waals surface area contributed by atoms with Gasteiger partial charge in [-0.15, -0.1) is 0 Å². The summed E-state index contributed by atoms with van der Waals surface area (Å²) >= 11 is 3.44. The van der Waals surface area contributed by atoms with E-state index in [0.717, 1.165) is 10.0 Å². The highest BCUT2D eigenvalue weighted by Gasteiger charge is 1.93. The Balaban J connectivity index is 2.81. The van der Waals surface area contributed by atoms with Crippen LogP contribution in [0.3, 0.4) is 0 Å². The van der Waals surface area contributed by atoms with E-state index in [-0.39, 0.29) is 6.61 Å². The van der Waals surface area contributed by atoms with Gasteiger partial charge in [0.25, 0.3) is 0 Å². The normalized spacial score (nSPS) is 9.15. The Kier molecular flexibility index (Phi) is 4.01. The van der Waals surface area contributed by atoms with Crippen molar-refractivity contribution in [2.45, 2.75) is 13.3 Å². The van der Waals surface area contributed by atoms with E-state index in [4.69, 9.17) is 5.11 Å². The van der Waals surface area contributed by atoms with Crippen LogP contribution >= 0.6 is 15.9 Å². The third-order valence-corrected chi connectivity index (χ3v) is 2.50. The van der Waals surface area contributed by atoms with Crippen LogP contribution in [0, 0.1) is 18.8 Å². The van der Waals surface area contributed by atoms with Gasteiger partial charge in [-0.1, -0.05) is 33.8 Å². The molecule has 1 rings (SSSR count). The molecule has 0 aromatic heterocycles. The van der Waals surface area contributed by atoms with E-state index in [1.807, 2.05) is 25.1 Å². The standard InChI is InChI=1S/C11H11BrO/c1-9-5-6-10(8-11(9)12)4-2-3-7-13/h5-6,8,13H,3,7H2,1H3. The monoisotopic (exact) mass is 238 g/mol. The van der Waals surface area contributed by atoms with Gasteiger partial charge in [-0.3, -0.25) is 0 Å². The molecule has 0 unspecified atom stereocenters. The molecule has 2 heteroatoms. The third-order valence-electron chi connectivity index (χ3n) is 1.64. The molecule has 0 fully saturated rings. The maximum Gasteiger partial charge on any atom is 0.0540 e.